The van der Waals surface area contributed by atoms with E-state index in [1.165, 1.54) is 60.7 Å². The summed E-state index contributed by atoms with van der Waals surface area (Å²) in [4.78, 5) is 0. The SMILES string of the molecule is C1CCCCC1.NS(=O)(=O)O.c1ccc(-c2cc3ccccc3n2-c2ccc(OCCn3cccc3)cc2)cc1. The molecule has 1 saturated carbocycles. The number of hydrogen-bond donors (Lipinski definition) is 2. The predicted octanol–water partition coefficient (Wildman–Crippen LogP) is 7.27. The highest BCUT2D eigenvalue weighted by atomic mass is 32.2. The third-order valence-corrected chi connectivity index (χ3v) is 6.66. The van der Waals surface area contributed by atoms with Crippen LogP contribution in [0.1, 0.15) is 38.5 Å². The summed E-state index contributed by atoms with van der Waals surface area (Å²) in [6, 6.07) is 33.7. The van der Waals surface area contributed by atoms with Crippen molar-refractivity contribution in [1.82, 2.24) is 9.13 Å². The van der Waals surface area contributed by atoms with Crippen molar-refractivity contribution in [2.24, 2.45) is 5.14 Å². The van der Waals surface area contributed by atoms with Crippen LogP contribution in [0.4, 0.5) is 0 Å². The molecule has 0 saturated heterocycles. The third-order valence-electron chi connectivity index (χ3n) is 6.66. The van der Waals surface area contributed by atoms with Gasteiger partial charge in [-0.3, -0.25) is 4.55 Å². The van der Waals surface area contributed by atoms with Crippen LogP contribution in [0.25, 0.3) is 27.8 Å². The van der Waals surface area contributed by atoms with Gasteiger partial charge >= 0.3 is 10.3 Å². The molecule has 3 N–H and O–H groups in total. The normalized spacial score (nSPS) is 13.1. The lowest BCUT2D eigenvalue weighted by molar-refractivity contribution is 0.298. The molecule has 2 heterocycles. The first-order valence-electron chi connectivity index (χ1n) is 13.6. The molecule has 5 aromatic rings. The molecule has 0 atom stereocenters. The molecule has 1 aliphatic carbocycles. The van der Waals surface area contributed by atoms with Crippen molar-refractivity contribution in [3.05, 3.63) is 109 Å². The number of aromatic nitrogens is 2. The molecular formula is C32H37N3O4S. The molecule has 0 aliphatic heterocycles. The minimum Gasteiger partial charge on any atom is -0.492 e. The Morgan fingerprint density at radius 2 is 1.30 bits per heavy atom. The zero-order valence-electron chi connectivity index (χ0n) is 22.6. The Morgan fingerprint density at radius 1 is 0.750 bits per heavy atom. The largest absolute Gasteiger partial charge is 0.492 e. The van der Waals surface area contributed by atoms with Crippen LogP contribution in [-0.2, 0) is 16.8 Å². The summed E-state index contributed by atoms with van der Waals surface area (Å²) in [7, 11) is -4.17. The molecule has 8 heteroatoms. The molecule has 0 spiro atoms. The van der Waals surface area contributed by atoms with Crippen LogP contribution in [0.15, 0.2) is 109 Å². The minimum absolute atomic E-state index is 0.649. The Balaban J connectivity index is 0.000000283. The standard InChI is InChI=1S/C26H22N2O.C6H12.H3NO3S/c1-2-8-21(9-3-1)26-20-22-10-4-5-11-25(22)28(26)23-12-14-24(15-13-23)29-19-18-27-16-6-7-17-27;1-2-4-6-5-3-1;1-5(2,3)4/h1-17,20H,18-19H2;1-6H2;(H3,1,2,3,4). The first-order chi connectivity index (χ1) is 19.4. The van der Waals surface area contributed by atoms with Gasteiger partial charge in [0.1, 0.15) is 12.4 Å². The van der Waals surface area contributed by atoms with Gasteiger partial charge in [-0.1, -0.05) is 87.1 Å². The van der Waals surface area contributed by atoms with Gasteiger partial charge in [-0.15, -0.1) is 0 Å². The lowest BCUT2D eigenvalue weighted by atomic mass is 10.0. The van der Waals surface area contributed by atoms with Crippen LogP contribution < -0.4 is 9.88 Å². The number of rotatable bonds is 6. The first kappa shape index (κ1) is 29.1. The number of para-hydroxylation sites is 1. The van der Waals surface area contributed by atoms with Crippen molar-refractivity contribution >= 4 is 21.2 Å². The van der Waals surface area contributed by atoms with Gasteiger partial charge in [0.05, 0.1) is 17.8 Å². The van der Waals surface area contributed by atoms with E-state index in [0.29, 0.717) is 6.61 Å². The molecule has 0 unspecified atom stereocenters. The molecule has 210 valence electrons. The number of benzene rings is 3. The quantitative estimate of drug-likeness (QED) is 0.214. The number of nitrogens with two attached hydrogens (primary N) is 1. The first-order valence-corrected chi connectivity index (χ1v) is 15.1. The molecular weight excluding hydrogens is 522 g/mol. The molecule has 6 rings (SSSR count). The van der Waals surface area contributed by atoms with Crippen molar-refractivity contribution in [3.63, 3.8) is 0 Å². The smallest absolute Gasteiger partial charge is 0.330 e. The molecule has 1 aliphatic rings. The van der Waals surface area contributed by atoms with Crippen molar-refractivity contribution in [3.8, 4) is 22.7 Å². The summed E-state index contributed by atoms with van der Waals surface area (Å²) in [5.74, 6) is 0.888. The van der Waals surface area contributed by atoms with Crippen molar-refractivity contribution < 1.29 is 17.7 Å². The van der Waals surface area contributed by atoms with Crippen molar-refractivity contribution in [2.75, 3.05) is 6.61 Å². The molecule has 3 aromatic carbocycles. The fourth-order valence-electron chi connectivity index (χ4n) is 4.79. The van der Waals surface area contributed by atoms with Gasteiger partial charge < -0.3 is 13.9 Å². The number of hydrogen-bond acceptors (Lipinski definition) is 3. The van der Waals surface area contributed by atoms with Gasteiger partial charge in [0.15, 0.2) is 0 Å². The van der Waals surface area contributed by atoms with Gasteiger partial charge in [-0.25, -0.2) is 5.14 Å². The fourth-order valence-corrected chi connectivity index (χ4v) is 4.79. The Hall–Kier alpha value is -3.85. The maximum absolute atomic E-state index is 8.97. The summed E-state index contributed by atoms with van der Waals surface area (Å²) >= 11 is 0. The molecule has 0 bridgehead atoms. The molecule has 7 nitrogen and oxygen atoms in total. The van der Waals surface area contributed by atoms with Crippen LogP contribution in [0.5, 0.6) is 5.75 Å². The molecule has 40 heavy (non-hydrogen) atoms. The number of fused-ring (bicyclic) bond motifs is 1. The lowest BCUT2D eigenvalue weighted by Crippen LogP contribution is -2.08. The second-order valence-corrected chi connectivity index (χ2v) is 10.7. The number of ether oxygens (including phenoxy) is 1. The highest BCUT2D eigenvalue weighted by Gasteiger charge is 2.12. The highest BCUT2D eigenvalue weighted by molar-refractivity contribution is 7.83. The summed E-state index contributed by atoms with van der Waals surface area (Å²) in [6.45, 7) is 1.49. The van der Waals surface area contributed by atoms with Crippen LogP contribution in [0.3, 0.4) is 0 Å². The van der Waals surface area contributed by atoms with Crippen LogP contribution >= 0.6 is 0 Å². The number of nitrogens with zero attached hydrogens (tertiary/aromatic N) is 2. The van der Waals surface area contributed by atoms with Gasteiger partial charge in [-0.2, -0.15) is 8.42 Å². The Labute approximate surface area is 236 Å². The van der Waals surface area contributed by atoms with E-state index in [4.69, 9.17) is 17.7 Å². The van der Waals surface area contributed by atoms with E-state index in [0.717, 1.165) is 18.0 Å². The Bertz CT molecular complexity index is 1520. The third kappa shape index (κ3) is 9.12. The van der Waals surface area contributed by atoms with Crippen LogP contribution in [-0.4, -0.2) is 28.7 Å². The van der Waals surface area contributed by atoms with E-state index in [1.54, 1.807) is 0 Å². The van der Waals surface area contributed by atoms with E-state index >= 15 is 0 Å². The van der Waals surface area contributed by atoms with E-state index in [2.05, 4.69) is 112 Å². The average molecular weight is 560 g/mol. The van der Waals surface area contributed by atoms with E-state index < -0.39 is 10.3 Å². The van der Waals surface area contributed by atoms with Crippen molar-refractivity contribution in [1.29, 1.82) is 0 Å². The average Bonchev–Trinajstić information content (AvgIpc) is 3.63. The second-order valence-electron chi connectivity index (χ2n) is 9.69. The van der Waals surface area contributed by atoms with Gasteiger partial charge in [-0.05, 0) is 54.1 Å². The van der Waals surface area contributed by atoms with E-state index in [1.807, 2.05) is 12.1 Å². The van der Waals surface area contributed by atoms with Gasteiger partial charge in [0, 0.05) is 23.5 Å². The Morgan fingerprint density at radius 3 is 1.90 bits per heavy atom. The van der Waals surface area contributed by atoms with E-state index in [9.17, 15) is 0 Å². The van der Waals surface area contributed by atoms with Crippen LogP contribution in [0, 0.1) is 0 Å². The maximum Gasteiger partial charge on any atom is 0.330 e. The predicted molar refractivity (Wildman–Crippen MR) is 162 cm³/mol. The minimum atomic E-state index is -4.17. The zero-order valence-corrected chi connectivity index (χ0v) is 23.4. The Kier molecular flexibility index (Phi) is 10.6. The summed E-state index contributed by atoms with van der Waals surface area (Å²) in [6.07, 6.45) is 13.1. The maximum atomic E-state index is 8.97. The summed E-state index contributed by atoms with van der Waals surface area (Å²) in [5, 5.41) is 5.12. The van der Waals surface area contributed by atoms with Gasteiger partial charge in [0.2, 0.25) is 0 Å². The zero-order chi connectivity index (χ0) is 28.2. The van der Waals surface area contributed by atoms with Crippen molar-refractivity contribution in [2.45, 2.75) is 45.1 Å². The monoisotopic (exact) mass is 559 g/mol. The summed E-state index contributed by atoms with van der Waals surface area (Å²) < 4.78 is 35.6. The molecule has 2 aromatic heterocycles. The highest BCUT2D eigenvalue weighted by Crippen LogP contribution is 2.32. The van der Waals surface area contributed by atoms with E-state index in [-0.39, 0.29) is 0 Å². The molecule has 0 radical (unpaired) electrons. The second kappa shape index (κ2) is 14.5. The van der Waals surface area contributed by atoms with Crippen LogP contribution in [0.2, 0.25) is 0 Å². The molecule has 0 amide bonds. The molecule has 1 fully saturated rings. The topological polar surface area (TPSA) is 99.5 Å². The lowest BCUT2D eigenvalue weighted by Gasteiger charge is -2.13. The fraction of sp³-hybridized carbons (Fsp3) is 0.250. The van der Waals surface area contributed by atoms with Gasteiger partial charge in [0.25, 0.3) is 0 Å². The summed E-state index contributed by atoms with van der Waals surface area (Å²) in [5.41, 5.74) is 4.72.